The summed E-state index contributed by atoms with van der Waals surface area (Å²) < 4.78 is 38.7. The number of carbonyl (C=O) groups excluding carboxylic acids is 1. The molecule has 0 amide bonds. The average Bonchev–Trinajstić information content (AvgIpc) is 2.84. The Labute approximate surface area is 155 Å². The lowest BCUT2D eigenvalue weighted by atomic mass is 9.96. The molecule has 0 saturated carbocycles. The fraction of sp³-hybridized carbons (Fsp3) is 0.118. The molecule has 1 unspecified atom stereocenters. The highest BCUT2D eigenvalue weighted by molar-refractivity contribution is 8.04. The number of allylic oxidation sites excluding steroid dienone is 1. The lowest BCUT2D eigenvalue weighted by Crippen LogP contribution is -2.09. The van der Waals surface area contributed by atoms with Gasteiger partial charge < -0.3 is 5.73 Å². The number of hydrogen-bond donors (Lipinski definition) is 1. The Bertz CT molecular complexity index is 896. The highest BCUT2D eigenvalue weighted by Gasteiger charge is 2.36. The Balaban J connectivity index is 1.97. The molecule has 0 bridgehead atoms. The zero-order valence-corrected chi connectivity index (χ0v) is 14.7. The summed E-state index contributed by atoms with van der Waals surface area (Å²) in [4.78, 5) is 12.8. The van der Waals surface area contributed by atoms with Crippen molar-refractivity contribution in [3.63, 3.8) is 0 Å². The molecule has 1 heterocycles. The van der Waals surface area contributed by atoms with E-state index < -0.39 is 17.0 Å². The molecule has 0 radical (unpaired) electrons. The summed E-state index contributed by atoms with van der Waals surface area (Å²) in [5.74, 6) is -0.361. The van der Waals surface area contributed by atoms with Gasteiger partial charge in [0.25, 0.3) is 0 Å². The van der Waals surface area contributed by atoms with Crippen LogP contribution in [0.2, 0.25) is 10.0 Å². The molecule has 25 heavy (non-hydrogen) atoms. The second-order valence-electron chi connectivity index (χ2n) is 5.35. The van der Waals surface area contributed by atoms with Crippen molar-refractivity contribution in [2.45, 2.75) is 11.4 Å². The highest BCUT2D eigenvalue weighted by Crippen LogP contribution is 2.47. The van der Waals surface area contributed by atoms with Crippen LogP contribution in [-0.4, -0.2) is 5.78 Å². The minimum absolute atomic E-state index is 0.0900. The molecule has 2 aromatic rings. The van der Waals surface area contributed by atoms with Crippen molar-refractivity contribution in [3.8, 4) is 0 Å². The molecule has 2 aromatic carbocycles. The van der Waals surface area contributed by atoms with Crippen LogP contribution in [0.1, 0.15) is 21.9 Å². The lowest BCUT2D eigenvalue weighted by molar-refractivity contribution is -0.137. The Morgan fingerprint density at radius 1 is 1.04 bits per heavy atom. The predicted molar refractivity (Wildman–Crippen MR) is 94.4 cm³/mol. The number of Topliss-reactive ketones (excluding diaryl/α,β-unsaturated/α-hetero) is 1. The second kappa shape index (κ2) is 6.59. The van der Waals surface area contributed by atoms with Crippen molar-refractivity contribution >= 4 is 46.3 Å². The van der Waals surface area contributed by atoms with Crippen molar-refractivity contribution in [2.75, 3.05) is 0 Å². The third kappa shape index (κ3) is 3.52. The minimum atomic E-state index is -4.50. The minimum Gasteiger partial charge on any atom is -0.393 e. The van der Waals surface area contributed by atoms with Crippen molar-refractivity contribution in [1.82, 2.24) is 0 Å². The molecule has 0 spiro atoms. The topological polar surface area (TPSA) is 43.1 Å². The molecule has 0 aliphatic carbocycles. The maximum atomic E-state index is 12.9. The van der Waals surface area contributed by atoms with Crippen LogP contribution in [0.25, 0.3) is 5.57 Å². The normalized spacial score (nSPS) is 18.1. The van der Waals surface area contributed by atoms with Crippen LogP contribution >= 0.6 is 35.0 Å². The molecule has 3 rings (SSSR count). The van der Waals surface area contributed by atoms with Gasteiger partial charge >= 0.3 is 6.18 Å². The fourth-order valence-electron chi connectivity index (χ4n) is 2.52. The van der Waals surface area contributed by atoms with E-state index in [1.807, 2.05) is 0 Å². The first-order valence-electron chi connectivity index (χ1n) is 7.01. The summed E-state index contributed by atoms with van der Waals surface area (Å²) >= 11 is 12.9. The van der Waals surface area contributed by atoms with Crippen molar-refractivity contribution in [2.24, 2.45) is 5.73 Å². The highest BCUT2D eigenvalue weighted by atomic mass is 35.5. The number of ketones is 1. The van der Waals surface area contributed by atoms with E-state index in [9.17, 15) is 18.0 Å². The van der Waals surface area contributed by atoms with Gasteiger partial charge in [-0.1, -0.05) is 53.2 Å². The molecule has 1 atom stereocenters. The maximum Gasteiger partial charge on any atom is 0.416 e. The summed E-state index contributed by atoms with van der Waals surface area (Å²) in [5.41, 5.74) is 5.93. The largest absolute Gasteiger partial charge is 0.416 e. The van der Waals surface area contributed by atoms with E-state index in [1.165, 1.54) is 12.1 Å². The van der Waals surface area contributed by atoms with Crippen LogP contribution in [0.3, 0.4) is 0 Å². The number of carbonyl (C=O) groups is 1. The molecule has 0 fully saturated rings. The van der Waals surface area contributed by atoms with Gasteiger partial charge in [0.05, 0.1) is 31.5 Å². The molecule has 2 N–H and O–H groups in total. The van der Waals surface area contributed by atoms with Crippen molar-refractivity contribution in [1.29, 1.82) is 0 Å². The van der Waals surface area contributed by atoms with E-state index in [0.717, 1.165) is 23.9 Å². The Morgan fingerprint density at radius 2 is 1.76 bits per heavy atom. The lowest BCUT2D eigenvalue weighted by Gasteiger charge is -2.11. The predicted octanol–water partition coefficient (Wildman–Crippen LogP) is 5.70. The SMILES string of the molecule is NC1=C(c2cccc(C(F)(F)F)c2)C(=O)C(c2ccc(Cl)c(Cl)c2)S1. The monoisotopic (exact) mass is 403 g/mol. The van der Waals surface area contributed by atoms with Gasteiger partial charge in [-0.3, -0.25) is 4.79 Å². The Kier molecular flexibility index (Phi) is 4.79. The first-order chi connectivity index (χ1) is 11.7. The van der Waals surface area contributed by atoms with Gasteiger partial charge in [0.1, 0.15) is 0 Å². The van der Waals surface area contributed by atoms with E-state index in [-0.39, 0.29) is 21.9 Å². The Morgan fingerprint density at radius 3 is 2.40 bits per heavy atom. The van der Waals surface area contributed by atoms with Gasteiger partial charge in [-0.2, -0.15) is 13.2 Å². The van der Waals surface area contributed by atoms with Crippen LogP contribution in [-0.2, 0) is 11.0 Å². The molecule has 0 aromatic heterocycles. The fourth-order valence-corrected chi connectivity index (χ4v) is 3.93. The van der Waals surface area contributed by atoms with Crippen molar-refractivity contribution in [3.05, 3.63) is 74.2 Å². The molecule has 1 aliphatic heterocycles. The Hall–Kier alpha value is -1.63. The number of benzene rings is 2. The van der Waals surface area contributed by atoms with Crippen molar-refractivity contribution < 1.29 is 18.0 Å². The number of hydrogen-bond acceptors (Lipinski definition) is 3. The van der Waals surface area contributed by atoms with E-state index in [2.05, 4.69) is 0 Å². The first-order valence-corrected chi connectivity index (χ1v) is 8.65. The van der Waals surface area contributed by atoms with Gasteiger partial charge in [-0.15, -0.1) is 0 Å². The number of thioether (sulfide) groups is 1. The third-order valence-electron chi connectivity index (χ3n) is 3.70. The summed E-state index contributed by atoms with van der Waals surface area (Å²) in [6.45, 7) is 0. The maximum absolute atomic E-state index is 12.9. The second-order valence-corrected chi connectivity index (χ2v) is 7.31. The summed E-state index contributed by atoms with van der Waals surface area (Å²) in [5, 5.41) is 0.151. The third-order valence-corrected chi connectivity index (χ3v) is 5.62. The molecular formula is C17H10Cl2F3NOS. The van der Waals surface area contributed by atoms with E-state index >= 15 is 0 Å². The van der Waals surface area contributed by atoms with Gasteiger partial charge in [-0.05, 0) is 35.4 Å². The summed E-state index contributed by atoms with van der Waals surface area (Å²) in [6.07, 6.45) is -4.50. The zero-order chi connectivity index (χ0) is 18.4. The smallest absolute Gasteiger partial charge is 0.393 e. The quantitative estimate of drug-likeness (QED) is 0.699. The van der Waals surface area contributed by atoms with Gasteiger partial charge in [0.2, 0.25) is 0 Å². The van der Waals surface area contributed by atoms with E-state index in [0.29, 0.717) is 15.6 Å². The van der Waals surface area contributed by atoms with Crippen LogP contribution in [0.5, 0.6) is 0 Å². The van der Waals surface area contributed by atoms with Crippen LogP contribution in [0, 0.1) is 0 Å². The molecule has 0 saturated heterocycles. The van der Waals surface area contributed by atoms with Crippen LogP contribution < -0.4 is 5.73 Å². The number of alkyl halides is 3. The number of nitrogens with two attached hydrogens (primary N) is 1. The molecule has 130 valence electrons. The molecule has 8 heteroatoms. The number of rotatable bonds is 2. The van der Waals surface area contributed by atoms with E-state index in [1.54, 1.807) is 18.2 Å². The standard InChI is InChI=1S/C17H10Cl2F3NOS/c18-11-5-4-9(7-12(11)19)15-14(24)13(16(23)25-15)8-2-1-3-10(6-8)17(20,21)22/h1-7,15H,23H2. The summed E-state index contributed by atoms with van der Waals surface area (Å²) in [7, 11) is 0. The zero-order valence-electron chi connectivity index (χ0n) is 12.4. The first kappa shape index (κ1) is 18.2. The van der Waals surface area contributed by atoms with E-state index in [4.69, 9.17) is 28.9 Å². The van der Waals surface area contributed by atoms with Gasteiger partial charge in [-0.25, -0.2) is 0 Å². The molecule has 2 nitrogen and oxygen atoms in total. The number of halogens is 5. The molecule has 1 aliphatic rings. The van der Waals surface area contributed by atoms with Crippen LogP contribution in [0.15, 0.2) is 47.5 Å². The molecular weight excluding hydrogens is 394 g/mol. The summed E-state index contributed by atoms with van der Waals surface area (Å²) in [6, 6.07) is 9.33. The van der Waals surface area contributed by atoms with Gasteiger partial charge in [0.15, 0.2) is 5.78 Å². The van der Waals surface area contributed by atoms with Crippen LogP contribution in [0.4, 0.5) is 13.2 Å². The van der Waals surface area contributed by atoms with Gasteiger partial charge in [0, 0.05) is 0 Å². The average molecular weight is 404 g/mol.